The molecule has 1 N–H and O–H groups in total. The first-order valence-corrected chi connectivity index (χ1v) is 6.02. The van der Waals surface area contributed by atoms with Crippen LogP contribution in [0.3, 0.4) is 0 Å². The van der Waals surface area contributed by atoms with Crippen molar-refractivity contribution in [3.8, 4) is 0 Å². The lowest BCUT2D eigenvalue weighted by Crippen LogP contribution is -2.39. The second-order valence-corrected chi connectivity index (χ2v) is 4.54. The highest BCUT2D eigenvalue weighted by atomic mass is 15.2. The van der Waals surface area contributed by atoms with E-state index in [2.05, 4.69) is 35.3 Å². The van der Waals surface area contributed by atoms with Crippen molar-refractivity contribution in [1.82, 2.24) is 0 Å². The van der Waals surface area contributed by atoms with Gasteiger partial charge in [-0.25, -0.2) is 0 Å². The monoisotopic (exact) mass is 202 g/mol. The van der Waals surface area contributed by atoms with Crippen molar-refractivity contribution in [3.63, 3.8) is 0 Å². The van der Waals surface area contributed by atoms with Gasteiger partial charge in [0.1, 0.15) is 0 Å². The number of hydrogen-bond acceptors (Lipinski definition) is 2. The van der Waals surface area contributed by atoms with Gasteiger partial charge in [0.2, 0.25) is 0 Å². The Hall–Kier alpha value is -1.18. The fourth-order valence-electron chi connectivity index (χ4n) is 2.91. The first-order chi connectivity index (χ1) is 7.40. The van der Waals surface area contributed by atoms with E-state index in [4.69, 9.17) is 0 Å². The second-order valence-electron chi connectivity index (χ2n) is 4.54. The zero-order valence-electron chi connectivity index (χ0n) is 9.29. The summed E-state index contributed by atoms with van der Waals surface area (Å²) in [6.45, 7) is 4.60. The van der Waals surface area contributed by atoms with Crippen molar-refractivity contribution in [3.05, 3.63) is 23.8 Å². The second kappa shape index (κ2) is 3.44. The summed E-state index contributed by atoms with van der Waals surface area (Å²) in [6, 6.07) is 7.44. The number of anilines is 2. The van der Waals surface area contributed by atoms with Crippen LogP contribution in [0.4, 0.5) is 11.4 Å². The molecule has 15 heavy (non-hydrogen) atoms. The van der Waals surface area contributed by atoms with Crippen molar-refractivity contribution < 1.29 is 0 Å². The largest absolute Gasteiger partial charge is 0.381 e. The molecule has 0 spiro atoms. The van der Waals surface area contributed by atoms with Gasteiger partial charge in [-0.1, -0.05) is 19.1 Å². The number of fused-ring (bicyclic) bond motifs is 3. The van der Waals surface area contributed by atoms with E-state index in [0.717, 1.165) is 19.0 Å². The summed E-state index contributed by atoms with van der Waals surface area (Å²) in [7, 11) is 0. The quantitative estimate of drug-likeness (QED) is 0.753. The van der Waals surface area contributed by atoms with Crippen molar-refractivity contribution in [2.24, 2.45) is 0 Å². The third-order valence-corrected chi connectivity index (χ3v) is 3.71. The van der Waals surface area contributed by atoms with Gasteiger partial charge >= 0.3 is 0 Å². The summed E-state index contributed by atoms with van der Waals surface area (Å²) in [4.78, 5) is 2.59. The van der Waals surface area contributed by atoms with E-state index in [1.165, 1.54) is 36.3 Å². The fraction of sp³-hybridized carbons (Fsp3) is 0.538. The third-order valence-electron chi connectivity index (χ3n) is 3.71. The first kappa shape index (κ1) is 9.08. The van der Waals surface area contributed by atoms with Crippen LogP contribution in [-0.4, -0.2) is 19.1 Å². The molecule has 1 fully saturated rings. The normalized spacial score (nSPS) is 23.3. The van der Waals surface area contributed by atoms with E-state index in [1.54, 1.807) is 0 Å². The van der Waals surface area contributed by atoms with Crippen LogP contribution in [0.5, 0.6) is 0 Å². The Labute approximate surface area is 91.3 Å². The highest BCUT2D eigenvalue weighted by Gasteiger charge is 2.30. The smallest absolute Gasteiger partial charge is 0.0611 e. The molecule has 2 aliphatic rings. The number of nitrogens with one attached hydrogen (secondary N) is 1. The molecule has 0 aliphatic carbocycles. The maximum absolute atomic E-state index is 3.61. The number of hydrogen-bond donors (Lipinski definition) is 1. The molecule has 1 aromatic rings. The Bertz CT molecular complexity index is 373. The third kappa shape index (κ3) is 1.31. The Balaban J connectivity index is 2.07. The van der Waals surface area contributed by atoms with Gasteiger partial charge in [0.15, 0.2) is 0 Å². The van der Waals surface area contributed by atoms with E-state index in [-0.39, 0.29) is 0 Å². The Morgan fingerprint density at radius 2 is 2.40 bits per heavy atom. The minimum Gasteiger partial charge on any atom is -0.381 e. The van der Waals surface area contributed by atoms with Gasteiger partial charge in [-0.3, -0.25) is 0 Å². The number of para-hydroxylation sites is 1. The van der Waals surface area contributed by atoms with Gasteiger partial charge in [0, 0.05) is 19.1 Å². The van der Waals surface area contributed by atoms with Gasteiger partial charge < -0.3 is 10.2 Å². The number of aryl methyl sites for hydroxylation is 1. The van der Waals surface area contributed by atoms with Crippen molar-refractivity contribution >= 4 is 11.4 Å². The van der Waals surface area contributed by atoms with Crippen molar-refractivity contribution in [1.29, 1.82) is 0 Å². The summed E-state index contributed by atoms with van der Waals surface area (Å²) in [5, 5.41) is 3.61. The van der Waals surface area contributed by atoms with E-state index in [0.29, 0.717) is 0 Å². The molecule has 1 atom stereocenters. The van der Waals surface area contributed by atoms with Gasteiger partial charge in [-0.05, 0) is 30.9 Å². The van der Waals surface area contributed by atoms with E-state index in [9.17, 15) is 0 Å². The summed E-state index contributed by atoms with van der Waals surface area (Å²) in [5.41, 5.74) is 4.28. The zero-order chi connectivity index (χ0) is 10.3. The van der Waals surface area contributed by atoms with Crippen molar-refractivity contribution in [2.75, 3.05) is 23.3 Å². The molecule has 0 amide bonds. The fourth-order valence-corrected chi connectivity index (χ4v) is 2.91. The lowest BCUT2D eigenvalue weighted by Gasteiger charge is -2.35. The number of rotatable bonds is 1. The molecule has 1 saturated heterocycles. The molecule has 2 heteroatoms. The van der Waals surface area contributed by atoms with Gasteiger partial charge in [-0.15, -0.1) is 0 Å². The predicted octanol–water partition coefficient (Wildman–Crippen LogP) is 2.64. The molecule has 3 rings (SSSR count). The molecule has 80 valence electrons. The predicted molar refractivity (Wildman–Crippen MR) is 64.7 cm³/mol. The summed E-state index contributed by atoms with van der Waals surface area (Å²) < 4.78 is 0. The van der Waals surface area contributed by atoms with Crippen LogP contribution in [0.1, 0.15) is 25.3 Å². The highest BCUT2D eigenvalue weighted by Crippen LogP contribution is 2.38. The number of nitrogens with zero attached hydrogens (tertiary/aromatic N) is 1. The standard InChI is InChI=1S/C13H18N2/c1-2-10-5-3-7-12-13(10)14-9-11-6-4-8-15(11)12/h3,5,7,11,14H,2,4,6,8-9H2,1H3. The minimum atomic E-state index is 0.740. The summed E-state index contributed by atoms with van der Waals surface area (Å²) >= 11 is 0. The lowest BCUT2D eigenvalue weighted by atomic mass is 10.0. The molecule has 2 heterocycles. The van der Waals surface area contributed by atoms with Crippen LogP contribution in [0.2, 0.25) is 0 Å². The van der Waals surface area contributed by atoms with Crippen LogP contribution in [0.15, 0.2) is 18.2 Å². The first-order valence-electron chi connectivity index (χ1n) is 6.02. The van der Waals surface area contributed by atoms with Gasteiger partial charge in [-0.2, -0.15) is 0 Å². The SMILES string of the molecule is CCc1cccc2c1NCC1CCCN21. The number of benzene rings is 1. The summed E-state index contributed by atoms with van der Waals surface area (Å²) in [6.07, 6.45) is 3.82. The van der Waals surface area contributed by atoms with E-state index >= 15 is 0 Å². The van der Waals surface area contributed by atoms with Crippen LogP contribution in [0.25, 0.3) is 0 Å². The molecule has 0 radical (unpaired) electrons. The van der Waals surface area contributed by atoms with Crippen LogP contribution in [0, 0.1) is 0 Å². The molecular weight excluding hydrogens is 184 g/mol. The lowest BCUT2D eigenvalue weighted by molar-refractivity contribution is 0.682. The Kier molecular flexibility index (Phi) is 2.08. The van der Waals surface area contributed by atoms with E-state index < -0.39 is 0 Å². The van der Waals surface area contributed by atoms with Gasteiger partial charge in [0.05, 0.1) is 11.4 Å². The van der Waals surface area contributed by atoms with Crippen LogP contribution < -0.4 is 10.2 Å². The average Bonchev–Trinajstić information content (AvgIpc) is 2.76. The van der Waals surface area contributed by atoms with E-state index in [1.807, 2.05) is 0 Å². The average molecular weight is 202 g/mol. The molecule has 1 aromatic carbocycles. The maximum atomic E-state index is 3.61. The Morgan fingerprint density at radius 1 is 1.47 bits per heavy atom. The molecule has 2 aliphatic heterocycles. The molecule has 0 saturated carbocycles. The molecule has 2 nitrogen and oxygen atoms in total. The molecule has 1 unspecified atom stereocenters. The topological polar surface area (TPSA) is 15.3 Å². The van der Waals surface area contributed by atoms with Crippen LogP contribution >= 0.6 is 0 Å². The highest BCUT2D eigenvalue weighted by molar-refractivity contribution is 5.76. The molecule has 0 bridgehead atoms. The van der Waals surface area contributed by atoms with Gasteiger partial charge in [0.25, 0.3) is 0 Å². The zero-order valence-corrected chi connectivity index (χ0v) is 9.29. The van der Waals surface area contributed by atoms with Crippen LogP contribution in [-0.2, 0) is 6.42 Å². The minimum absolute atomic E-state index is 0.740. The molecular formula is C13H18N2. The summed E-state index contributed by atoms with van der Waals surface area (Å²) in [5.74, 6) is 0. The molecule has 0 aromatic heterocycles. The maximum Gasteiger partial charge on any atom is 0.0611 e. The van der Waals surface area contributed by atoms with Crippen molar-refractivity contribution in [2.45, 2.75) is 32.2 Å². The Morgan fingerprint density at radius 3 is 3.27 bits per heavy atom.